The number of pyridine rings is 1. The Morgan fingerprint density at radius 2 is 1.94 bits per heavy atom. The van der Waals surface area contributed by atoms with Crippen LogP contribution in [0.2, 0.25) is 0 Å². The first-order valence-corrected chi connectivity index (χ1v) is 10.5. The maximum absolute atomic E-state index is 13.2. The summed E-state index contributed by atoms with van der Waals surface area (Å²) in [5.74, 6) is 1.44. The molecule has 0 aliphatic carbocycles. The van der Waals surface area contributed by atoms with Gasteiger partial charge in [0.2, 0.25) is 0 Å². The van der Waals surface area contributed by atoms with Gasteiger partial charge in [0.05, 0.1) is 42.4 Å². The van der Waals surface area contributed by atoms with Crippen molar-refractivity contribution in [3.05, 3.63) is 64.1 Å². The predicted molar refractivity (Wildman–Crippen MR) is 119 cm³/mol. The van der Waals surface area contributed by atoms with Gasteiger partial charge in [0, 0.05) is 36.7 Å². The predicted octanol–water partition coefficient (Wildman–Crippen LogP) is 3.84. The molecule has 0 unspecified atom stereocenters. The number of hydrogen-bond donors (Lipinski definition) is 1. The first-order valence-electron chi connectivity index (χ1n) is 10.5. The second-order valence-corrected chi connectivity index (χ2v) is 7.81. The molecule has 1 fully saturated rings. The minimum atomic E-state index is -0.116. The van der Waals surface area contributed by atoms with E-state index in [0.717, 1.165) is 46.3 Å². The summed E-state index contributed by atoms with van der Waals surface area (Å²) in [7, 11) is 3.26. The molecule has 7 heteroatoms. The molecule has 0 saturated carbocycles. The molecule has 3 heterocycles. The molecule has 1 N–H and O–H groups in total. The van der Waals surface area contributed by atoms with Crippen molar-refractivity contribution >= 4 is 21.8 Å². The van der Waals surface area contributed by atoms with Crippen molar-refractivity contribution in [2.45, 2.75) is 25.3 Å². The van der Waals surface area contributed by atoms with E-state index in [0.29, 0.717) is 30.8 Å². The molecule has 1 aliphatic rings. The molecule has 2 aromatic carbocycles. The molecule has 0 spiro atoms. The Morgan fingerprint density at radius 1 is 1.13 bits per heavy atom. The molecule has 0 amide bonds. The lowest BCUT2D eigenvalue weighted by molar-refractivity contribution is 0.0674. The van der Waals surface area contributed by atoms with Gasteiger partial charge in [0.15, 0.2) is 0 Å². The fraction of sp³-hybridized carbons (Fsp3) is 0.333. The van der Waals surface area contributed by atoms with Crippen LogP contribution in [0.3, 0.4) is 0 Å². The first kappa shape index (κ1) is 19.6. The highest BCUT2D eigenvalue weighted by molar-refractivity contribution is 6.04. The summed E-state index contributed by atoms with van der Waals surface area (Å²) < 4.78 is 18.5. The van der Waals surface area contributed by atoms with Crippen molar-refractivity contribution in [2.24, 2.45) is 0 Å². The molecule has 5 rings (SSSR count). The lowest BCUT2D eigenvalue weighted by Gasteiger charge is -2.23. The lowest BCUT2D eigenvalue weighted by Crippen LogP contribution is -2.21. The Hall–Kier alpha value is -3.32. The number of aromatic amines is 1. The topological polar surface area (TPSA) is 78.4 Å². The Bertz CT molecular complexity index is 1300. The van der Waals surface area contributed by atoms with Crippen LogP contribution < -0.4 is 15.0 Å². The number of H-pyrrole nitrogens is 1. The third-order valence-corrected chi connectivity index (χ3v) is 6.03. The van der Waals surface area contributed by atoms with E-state index in [1.807, 2.05) is 42.5 Å². The van der Waals surface area contributed by atoms with E-state index in [4.69, 9.17) is 19.3 Å². The second-order valence-electron chi connectivity index (χ2n) is 7.81. The largest absolute Gasteiger partial charge is 0.497 e. The summed E-state index contributed by atoms with van der Waals surface area (Å²) in [6.07, 6.45) is 2.24. The van der Waals surface area contributed by atoms with Crippen molar-refractivity contribution in [2.75, 3.05) is 27.4 Å². The van der Waals surface area contributed by atoms with E-state index in [-0.39, 0.29) is 11.6 Å². The van der Waals surface area contributed by atoms with Crippen LogP contribution in [0.15, 0.2) is 47.3 Å². The number of fused-ring (bicyclic) bond motifs is 3. The molecular formula is C24H25N3O4. The normalized spacial score (nSPS) is 14.9. The third kappa shape index (κ3) is 3.45. The monoisotopic (exact) mass is 419 g/mol. The summed E-state index contributed by atoms with van der Waals surface area (Å²) >= 11 is 0. The number of hydrogen-bond acceptors (Lipinski definition) is 5. The van der Waals surface area contributed by atoms with Gasteiger partial charge in [0.1, 0.15) is 11.5 Å². The van der Waals surface area contributed by atoms with Gasteiger partial charge in [-0.2, -0.15) is 5.10 Å². The van der Waals surface area contributed by atoms with Gasteiger partial charge in [-0.15, -0.1) is 0 Å². The summed E-state index contributed by atoms with van der Waals surface area (Å²) in [6.45, 7) is 1.41. The average molecular weight is 419 g/mol. The fourth-order valence-electron chi connectivity index (χ4n) is 4.46. The lowest BCUT2D eigenvalue weighted by atomic mass is 10.0. The number of aromatic nitrogens is 3. The average Bonchev–Trinajstić information content (AvgIpc) is 3.20. The minimum Gasteiger partial charge on any atom is -0.497 e. The first-order chi connectivity index (χ1) is 15.2. The molecule has 1 aliphatic heterocycles. The van der Waals surface area contributed by atoms with Crippen LogP contribution in [-0.4, -0.2) is 42.2 Å². The SMILES string of the molecule is COc1ccc(Cc2nn(C3CCOCC3)c3c2c(=O)[nH]c2ccccc23)c(OC)c1. The number of para-hydroxylation sites is 1. The van der Waals surface area contributed by atoms with E-state index < -0.39 is 0 Å². The van der Waals surface area contributed by atoms with Gasteiger partial charge >= 0.3 is 0 Å². The van der Waals surface area contributed by atoms with E-state index >= 15 is 0 Å². The van der Waals surface area contributed by atoms with Crippen LogP contribution in [0.4, 0.5) is 0 Å². The standard InChI is InChI=1S/C24H25N3O4/c1-29-17-8-7-15(21(14-17)30-2)13-20-22-23(27(26-20)16-9-11-31-12-10-16)18-5-3-4-6-19(18)25-24(22)28/h3-8,14,16H,9-13H2,1-2H3,(H,25,28). The van der Waals surface area contributed by atoms with E-state index in [1.54, 1.807) is 14.2 Å². The van der Waals surface area contributed by atoms with Gasteiger partial charge in [-0.25, -0.2) is 0 Å². The number of methoxy groups -OCH3 is 2. The molecule has 31 heavy (non-hydrogen) atoms. The molecule has 4 aromatic rings. The quantitative estimate of drug-likeness (QED) is 0.532. The molecule has 0 atom stereocenters. The summed E-state index contributed by atoms with van der Waals surface area (Å²) in [5.41, 5.74) is 3.30. The highest BCUT2D eigenvalue weighted by Gasteiger charge is 2.24. The molecule has 1 saturated heterocycles. The van der Waals surface area contributed by atoms with Crippen LogP contribution in [-0.2, 0) is 11.2 Å². The molecule has 0 bridgehead atoms. The van der Waals surface area contributed by atoms with Gasteiger partial charge in [-0.3, -0.25) is 9.48 Å². The Kier molecular flexibility index (Phi) is 5.11. The third-order valence-electron chi connectivity index (χ3n) is 6.03. The molecule has 160 valence electrons. The summed E-state index contributed by atoms with van der Waals surface area (Å²) in [4.78, 5) is 16.2. The van der Waals surface area contributed by atoms with Gasteiger partial charge in [0.25, 0.3) is 5.56 Å². The summed E-state index contributed by atoms with van der Waals surface area (Å²) in [6, 6.07) is 13.8. The van der Waals surface area contributed by atoms with E-state index in [9.17, 15) is 4.79 Å². The molecule has 7 nitrogen and oxygen atoms in total. The van der Waals surface area contributed by atoms with Crippen LogP contribution in [0.25, 0.3) is 21.8 Å². The summed E-state index contributed by atoms with van der Waals surface area (Å²) in [5, 5.41) is 6.64. The highest BCUT2D eigenvalue weighted by atomic mass is 16.5. The Morgan fingerprint density at radius 3 is 2.71 bits per heavy atom. The fourth-order valence-corrected chi connectivity index (χ4v) is 4.46. The van der Waals surface area contributed by atoms with Gasteiger partial charge in [-0.05, 0) is 25.0 Å². The Balaban J connectivity index is 1.72. The molecule has 0 radical (unpaired) electrons. The number of nitrogens with zero attached hydrogens (tertiary/aromatic N) is 2. The van der Waals surface area contributed by atoms with Crippen LogP contribution >= 0.6 is 0 Å². The van der Waals surface area contributed by atoms with Gasteiger partial charge in [-0.1, -0.05) is 24.3 Å². The van der Waals surface area contributed by atoms with Crippen molar-refractivity contribution < 1.29 is 14.2 Å². The zero-order chi connectivity index (χ0) is 21.4. The minimum absolute atomic E-state index is 0.116. The van der Waals surface area contributed by atoms with E-state index in [2.05, 4.69) is 9.67 Å². The second kappa shape index (κ2) is 8.07. The van der Waals surface area contributed by atoms with Crippen LogP contribution in [0.5, 0.6) is 11.5 Å². The van der Waals surface area contributed by atoms with Crippen molar-refractivity contribution in [1.82, 2.24) is 14.8 Å². The Labute approximate surface area is 179 Å². The molecular weight excluding hydrogens is 394 g/mol. The maximum Gasteiger partial charge on any atom is 0.259 e. The van der Waals surface area contributed by atoms with Crippen LogP contribution in [0.1, 0.15) is 30.1 Å². The highest BCUT2D eigenvalue weighted by Crippen LogP contribution is 2.33. The van der Waals surface area contributed by atoms with Crippen molar-refractivity contribution in [3.8, 4) is 11.5 Å². The smallest absolute Gasteiger partial charge is 0.259 e. The number of nitrogens with one attached hydrogen (secondary N) is 1. The number of ether oxygens (including phenoxy) is 3. The number of benzene rings is 2. The van der Waals surface area contributed by atoms with Crippen molar-refractivity contribution in [1.29, 1.82) is 0 Å². The number of rotatable bonds is 5. The van der Waals surface area contributed by atoms with Gasteiger partial charge < -0.3 is 19.2 Å². The van der Waals surface area contributed by atoms with Crippen LogP contribution in [0, 0.1) is 0 Å². The van der Waals surface area contributed by atoms with Crippen molar-refractivity contribution in [3.63, 3.8) is 0 Å². The van der Waals surface area contributed by atoms with E-state index in [1.165, 1.54) is 0 Å². The molecule has 2 aromatic heterocycles. The zero-order valence-electron chi connectivity index (χ0n) is 17.7. The zero-order valence-corrected chi connectivity index (χ0v) is 17.7. The maximum atomic E-state index is 13.2.